The van der Waals surface area contributed by atoms with Crippen LogP contribution >= 0.6 is 34.2 Å². The lowest BCUT2D eigenvalue weighted by Gasteiger charge is -2.50. The molecule has 4 aromatic carbocycles. The first-order chi connectivity index (χ1) is 24.6. The van der Waals surface area contributed by atoms with Gasteiger partial charge in [-0.3, -0.25) is 24.1 Å². The number of phenols is 1. The van der Waals surface area contributed by atoms with Crippen LogP contribution in [0.2, 0.25) is 5.02 Å². The summed E-state index contributed by atoms with van der Waals surface area (Å²) in [6.07, 6.45) is 4.18. The Labute approximate surface area is 313 Å². The summed E-state index contributed by atoms with van der Waals surface area (Å²) in [6, 6.07) is 26.6. The molecular weight excluding hydrogens is 779 g/mol. The number of anilines is 2. The fraction of sp³-hybridized carbons (Fsp3) is 0.220. The maximum atomic E-state index is 15.4. The summed E-state index contributed by atoms with van der Waals surface area (Å²) >= 11 is 8.44. The van der Waals surface area contributed by atoms with Crippen LogP contribution in [0.3, 0.4) is 0 Å². The van der Waals surface area contributed by atoms with Crippen molar-refractivity contribution in [3.8, 4) is 11.5 Å². The molecule has 256 valence electrons. The summed E-state index contributed by atoms with van der Waals surface area (Å²) in [4.78, 5) is 61.4. The first-order valence-corrected chi connectivity index (χ1v) is 18.1. The quantitative estimate of drug-likeness (QED) is 0.122. The van der Waals surface area contributed by atoms with Gasteiger partial charge in [-0.15, -0.1) is 0 Å². The van der Waals surface area contributed by atoms with Gasteiger partial charge in [-0.25, -0.2) is 4.90 Å². The van der Waals surface area contributed by atoms with Gasteiger partial charge in [0.2, 0.25) is 23.6 Å². The number of ether oxygens (including phenoxy) is 1. The number of carbonyl (C=O) groups excluding carboxylic acids is 4. The summed E-state index contributed by atoms with van der Waals surface area (Å²) in [5.41, 5.74) is 2.39. The molecule has 0 radical (unpaired) electrons. The van der Waals surface area contributed by atoms with Crippen molar-refractivity contribution in [1.82, 2.24) is 0 Å². The maximum Gasteiger partial charge on any atom is 0.246 e. The van der Waals surface area contributed by atoms with Crippen LogP contribution in [-0.2, 0) is 24.6 Å². The minimum Gasteiger partial charge on any atom is -0.504 e. The van der Waals surface area contributed by atoms with Crippen molar-refractivity contribution in [2.75, 3.05) is 16.9 Å². The molecule has 10 heteroatoms. The van der Waals surface area contributed by atoms with Crippen LogP contribution in [0.5, 0.6) is 11.5 Å². The minimum absolute atomic E-state index is 0.0405. The number of hydrogen-bond acceptors (Lipinski definition) is 6. The molecule has 2 heterocycles. The monoisotopic (exact) mass is 810 g/mol. The molecular formula is C41H32ClIN2O6. The Morgan fingerprint density at radius 2 is 1.63 bits per heavy atom. The lowest BCUT2D eigenvalue weighted by molar-refractivity contribution is -0.127. The third kappa shape index (κ3) is 4.84. The first kappa shape index (κ1) is 33.4. The van der Waals surface area contributed by atoms with Gasteiger partial charge in [-0.05, 0) is 101 Å². The molecule has 8 rings (SSSR count). The SMILES string of the molecule is C=Cc1ccc(N2C(=O)[C@H]3[C@H](CC=C4[C@H]3C[C@H]3C(=O)N(c5cccc(Cl)c5)C(=O)[C@@]3(c3ccccc3)[C@H]4c3cc(I)c(O)c(OC)c3)C2=O)cc1. The predicted molar refractivity (Wildman–Crippen MR) is 202 cm³/mol. The second kappa shape index (κ2) is 12.5. The highest BCUT2D eigenvalue weighted by atomic mass is 127. The van der Waals surface area contributed by atoms with E-state index in [1.54, 1.807) is 48.5 Å². The molecule has 51 heavy (non-hydrogen) atoms. The van der Waals surface area contributed by atoms with E-state index in [-0.39, 0.29) is 29.7 Å². The average molecular weight is 811 g/mol. The Bertz CT molecular complexity index is 2190. The minimum atomic E-state index is -1.44. The number of allylic oxidation sites excluding steroid dienone is 2. The number of halogens is 2. The van der Waals surface area contributed by atoms with Crippen LogP contribution in [0, 0.1) is 27.2 Å². The molecule has 3 fully saturated rings. The number of hydrogen-bond donors (Lipinski definition) is 1. The fourth-order valence-corrected chi connectivity index (χ4v) is 9.86. The molecule has 6 atom stereocenters. The van der Waals surface area contributed by atoms with Gasteiger partial charge in [0.1, 0.15) is 0 Å². The van der Waals surface area contributed by atoms with E-state index in [2.05, 4.69) is 6.58 Å². The van der Waals surface area contributed by atoms with Crippen molar-refractivity contribution < 1.29 is 29.0 Å². The number of nitrogens with zero attached hydrogens (tertiary/aromatic N) is 2. The Balaban J connectivity index is 1.36. The van der Waals surface area contributed by atoms with Crippen LogP contribution in [0.4, 0.5) is 11.4 Å². The maximum absolute atomic E-state index is 15.4. The number of fused-ring (bicyclic) bond motifs is 4. The summed E-state index contributed by atoms with van der Waals surface area (Å²) in [5.74, 6) is -4.77. The molecule has 2 saturated heterocycles. The number of benzene rings is 4. The highest BCUT2D eigenvalue weighted by molar-refractivity contribution is 14.1. The van der Waals surface area contributed by atoms with Crippen molar-refractivity contribution in [2.45, 2.75) is 24.2 Å². The van der Waals surface area contributed by atoms with E-state index in [0.717, 1.165) is 11.1 Å². The van der Waals surface area contributed by atoms with Crippen LogP contribution < -0.4 is 14.5 Å². The first-order valence-electron chi connectivity index (χ1n) is 16.7. The Kier molecular flexibility index (Phi) is 8.18. The van der Waals surface area contributed by atoms with Crippen molar-refractivity contribution in [3.05, 3.63) is 135 Å². The van der Waals surface area contributed by atoms with E-state index in [0.29, 0.717) is 37.5 Å². The number of phenolic OH excluding ortho intramolecular Hbond substituents is 1. The Hall–Kier alpha value is -4.74. The topological polar surface area (TPSA) is 104 Å². The summed E-state index contributed by atoms with van der Waals surface area (Å²) in [6.45, 7) is 3.80. The van der Waals surface area contributed by atoms with E-state index in [4.69, 9.17) is 16.3 Å². The summed E-state index contributed by atoms with van der Waals surface area (Å²) in [7, 11) is 1.46. The predicted octanol–water partition coefficient (Wildman–Crippen LogP) is 7.67. The van der Waals surface area contributed by atoms with E-state index in [1.807, 2.05) is 77.2 Å². The Morgan fingerprint density at radius 1 is 0.882 bits per heavy atom. The fourth-order valence-electron chi connectivity index (χ4n) is 9.05. The molecule has 0 spiro atoms. The van der Waals surface area contributed by atoms with Gasteiger partial charge in [-0.2, -0.15) is 0 Å². The molecule has 4 aliphatic rings. The lowest BCUT2D eigenvalue weighted by Crippen LogP contribution is -2.53. The van der Waals surface area contributed by atoms with Gasteiger partial charge in [-0.1, -0.05) is 84.4 Å². The zero-order valence-corrected chi connectivity index (χ0v) is 30.4. The van der Waals surface area contributed by atoms with Gasteiger partial charge in [0.15, 0.2) is 11.5 Å². The molecule has 1 saturated carbocycles. The molecule has 4 amide bonds. The van der Waals surface area contributed by atoms with Gasteiger partial charge in [0, 0.05) is 10.9 Å². The van der Waals surface area contributed by atoms with E-state index < -0.39 is 46.8 Å². The summed E-state index contributed by atoms with van der Waals surface area (Å²) < 4.78 is 6.11. The second-order valence-electron chi connectivity index (χ2n) is 13.5. The number of rotatable bonds is 6. The lowest BCUT2D eigenvalue weighted by atomic mass is 9.49. The van der Waals surface area contributed by atoms with Crippen LogP contribution in [0.25, 0.3) is 6.08 Å². The largest absolute Gasteiger partial charge is 0.504 e. The zero-order chi connectivity index (χ0) is 35.8. The molecule has 4 aromatic rings. The van der Waals surface area contributed by atoms with Crippen LogP contribution in [0.15, 0.2) is 109 Å². The van der Waals surface area contributed by atoms with E-state index in [1.165, 1.54) is 16.9 Å². The smallest absolute Gasteiger partial charge is 0.246 e. The van der Waals surface area contributed by atoms with Crippen LogP contribution in [0.1, 0.15) is 35.4 Å². The molecule has 1 N–H and O–H groups in total. The average Bonchev–Trinajstić information content (AvgIpc) is 3.53. The van der Waals surface area contributed by atoms with Gasteiger partial charge in [0.05, 0.1) is 45.2 Å². The third-order valence-corrected chi connectivity index (χ3v) is 12.2. The van der Waals surface area contributed by atoms with Crippen molar-refractivity contribution >= 4 is 75.3 Å². The zero-order valence-electron chi connectivity index (χ0n) is 27.5. The second-order valence-corrected chi connectivity index (χ2v) is 15.1. The third-order valence-electron chi connectivity index (χ3n) is 11.2. The van der Waals surface area contributed by atoms with Gasteiger partial charge < -0.3 is 9.84 Å². The molecule has 0 aromatic heterocycles. The standard InChI is InChI=1S/C41H32ClIN2O6/c1-3-22-12-14-26(15-13-22)44-37(47)29-17-16-28-30(34(29)39(44)49)21-31-38(48)45(27-11-7-10-25(42)20-27)40(50)41(31,24-8-5-4-6-9-24)35(28)23-18-32(43)36(46)33(19-23)51-2/h3-16,18-20,29-31,34-35,46H,1,17,21H2,2H3/t29-,30+,31-,34-,35-,41+/m0/s1. The van der Waals surface area contributed by atoms with Gasteiger partial charge >= 0.3 is 0 Å². The summed E-state index contributed by atoms with van der Waals surface area (Å²) in [5, 5.41) is 11.3. The molecule has 0 bridgehead atoms. The highest BCUT2D eigenvalue weighted by Crippen LogP contribution is 2.65. The normalized spacial score (nSPS) is 26.8. The number of amides is 4. The highest BCUT2D eigenvalue weighted by Gasteiger charge is 2.70. The van der Waals surface area contributed by atoms with Gasteiger partial charge in [0.25, 0.3) is 0 Å². The number of carbonyl (C=O) groups is 4. The van der Waals surface area contributed by atoms with Crippen LogP contribution in [-0.4, -0.2) is 35.8 Å². The Morgan fingerprint density at radius 3 is 2.31 bits per heavy atom. The van der Waals surface area contributed by atoms with Crippen molar-refractivity contribution in [3.63, 3.8) is 0 Å². The molecule has 2 aliphatic carbocycles. The molecule has 0 unspecified atom stereocenters. The molecule has 2 aliphatic heterocycles. The number of aromatic hydroxyl groups is 1. The van der Waals surface area contributed by atoms with E-state index in [9.17, 15) is 19.5 Å². The number of imide groups is 2. The van der Waals surface area contributed by atoms with Crippen molar-refractivity contribution in [1.29, 1.82) is 0 Å². The molecule has 8 nitrogen and oxygen atoms in total. The van der Waals surface area contributed by atoms with Crippen molar-refractivity contribution in [2.24, 2.45) is 23.7 Å². The number of methoxy groups -OCH3 is 1. The van der Waals surface area contributed by atoms with E-state index >= 15 is 4.79 Å².